The van der Waals surface area contributed by atoms with E-state index in [1.807, 2.05) is 24.3 Å². The Morgan fingerprint density at radius 2 is 2.00 bits per heavy atom. The van der Waals surface area contributed by atoms with E-state index in [1.54, 1.807) is 0 Å². The Kier molecular flexibility index (Phi) is 4.79. The van der Waals surface area contributed by atoms with Crippen molar-refractivity contribution in [1.82, 2.24) is 0 Å². The highest BCUT2D eigenvalue weighted by atomic mass is 32.1. The van der Waals surface area contributed by atoms with Crippen molar-refractivity contribution in [2.75, 3.05) is 5.32 Å². The molecule has 0 atom stereocenters. The molecule has 0 radical (unpaired) electrons. The average molecular weight is 289 g/mol. The lowest BCUT2D eigenvalue weighted by Gasteiger charge is -2.10. The van der Waals surface area contributed by atoms with Gasteiger partial charge in [0.15, 0.2) is 0 Å². The van der Waals surface area contributed by atoms with Crippen LogP contribution in [0.5, 0.6) is 0 Å². The summed E-state index contributed by atoms with van der Waals surface area (Å²) in [6.45, 7) is 2.09. The highest BCUT2D eigenvalue weighted by Crippen LogP contribution is 2.19. The monoisotopic (exact) mass is 289 g/mol. The fourth-order valence-electron chi connectivity index (χ4n) is 1.98. The van der Waals surface area contributed by atoms with Crippen LogP contribution in [0.4, 0.5) is 10.1 Å². The summed E-state index contributed by atoms with van der Waals surface area (Å²) in [6, 6.07) is 11.8. The van der Waals surface area contributed by atoms with E-state index < -0.39 is 5.82 Å². The Bertz CT molecular complexity index is 628. The number of hydrogen-bond donors (Lipinski definition) is 2. The van der Waals surface area contributed by atoms with Crippen molar-refractivity contribution in [2.45, 2.75) is 24.7 Å². The molecule has 2 aromatic carbocycles. The summed E-state index contributed by atoms with van der Waals surface area (Å²) in [5.41, 5.74) is 2.28. The number of hydrogen-bond acceptors (Lipinski definition) is 2. The number of halogens is 1. The fraction of sp³-hybridized carbons (Fsp3) is 0.188. The second-order valence-corrected chi connectivity index (χ2v) is 5.01. The van der Waals surface area contributed by atoms with Gasteiger partial charge < -0.3 is 5.32 Å². The fourth-order valence-corrected chi connectivity index (χ4v) is 2.19. The maximum absolute atomic E-state index is 13.1. The summed E-state index contributed by atoms with van der Waals surface area (Å²) < 4.78 is 13.1. The van der Waals surface area contributed by atoms with Gasteiger partial charge in [-0.05, 0) is 36.2 Å². The number of aryl methyl sites for hydroxylation is 1. The predicted molar refractivity (Wildman–Crippen MR) is 82.0 cm³/mol. The Hall–Kier alpha value is -1.81. The molecule has 4 heteroatoms. The zero-order valence-electron chi connectivity index (χ0n) is 11.2. The van der Waals surface area contributed by atoms with Gasteiger partial charge in [-0.25, -0.2) is 4.39 Å². The van der Waals surface area contributed by atoms with Gasteiger partial charge in [0.05, 0.1) is 0 Å². The number of nitrogens with one attached hydrogen (secondary N) is 1. The summed E-state index contributed by atoms with van der Waals surface area (Å²) in [5.74, 6) is -0.694. The lowest BCUT2D eigenvalue weighted by molar-refractivity contribution is 0.102. The molecule has 20 heavy (non-hydrogen) atoms. The van der Waals surface area contributed by atoms with Crippen LogP contribution in [0.2, 0.25) is 0 Å². The Morgan fingerprint density at radius 1 is 1.25 bits per heavy atom. The molecule has 2 rings (SSSR count). The van der Waals surface area contributed by atoms with Crippen LogP contribution in [-0.4, -0.2) is 5.91 Å². The molecule has 0 aliphatic rings. The molecule has 2 nitrogen and oxygen atoms in total. The molecule has 0 unspecified atom stereocenters. The largest absolute Gasteiger partial charge is 0.322 e. The normalized spacial score (nSPS) is 10.3. The van der Waals surface area contributed by atoms with E-state index in [4.69, 9.17) is 0 Å². The minimum absolute atomic E-state index is 0.166. The van der Waals surface area contributed by atoms with E-state index in [2.05, 4.69) is 24.9 Å². The highest BCUT2D eigenvalue weighted by molar-refractivity contribution is 7.80. The molecule has 0 saturated carbocycles. The van der Waals surface area contributed by atoms with Gasteiger partial charge >= 0.3 is 0 Å². The zero-order valence-corrected chi connectivity index (χ0v) is 12.1. The third-order valence-corrected chi connectivity index (χ3v) is 3.34. The van der Waals surface area contributed by atoms with Crippen molar-refractivity contribution >= 4 is 24.2 Å². The first-order chi connectivity index (χ1) is 9.61. The van der Waals surface area contributed by atoms with Gasteiger partial charge in [-0.1, -0.05) is 31.5 Å². The maximum Gasteiger partial charge on any atom is 0.255 e. The van der Waals surface area contributed by atoms with Crippen molar-refractivity contribution in [2.24, 2.45) is 0 Å². The quantitative estimate of drug-likeness (QED) is 0.806. The summed E-state index contributed by atoms with van der Waals surface area (Å²) in [7, 11) is 0. The molecule has 0 aromatic heterocycles. The number of anilines is 1. The highest BCUT2D eigenvalue weighted by Gasteiger charge is 2.10. The van der Waals surface area contributed by atoms with Gasteiger partial charge in [0.2, 0.25) is 0 Å². The smallest absolute Gasteiger partial charge is 0.255 e. The SMILES string of the molecule is CCCc1ccccc1NC(=O)c1ccc(F)c(S)c1. The van der Waals surface area contributed by atoms with Crippen LogP contribution in [-0.2, 0) is 6.42 Å². The zero-order chi connectivity index (χ0) is 14.5. The molecule has 0 aliphatic heterocycles. The van der Waals surface area contributed by atoms with Crippen LogP contribution >= 0.6 is 12.6 Å². The standard InChI is InChI=1S/C16H16FNOS/c1-2-5-11-6-3-4-7-14(11)18-16(19)12-8-9-13(17)15(20)10-12/h3-4,6-10,20H,2,5H2,1H3,(H,18,19). The Balaban J connectivity index is 2.21. The molecule has 0 aliphatic carbocycles. The van der Waals surface area contributed by atoms with E-state index in [-0.39, 0.29) is 10.8 Å². The lowest BCUT2D eigenvalue weighted by atomic mass is 10.1. The number of para-hydroxylation sites is 1. The van der Waals surface area contributed by atoms with Gasteiger partial charge in [0, 0.05) is 16.1 Å². The van der Waals surface area contributed by atoms with Gasteiger partial charge in [-0.2, -0.15) is 0 Å². The summed E-state index contributed by atoms with van der Waals surface area (Å²) >= 11 is 3.99. The number of rotatable bonds is 4. The van der Waals surface area contributed by atoms with Crippen molar-refractivity contribution in [1.29, 1.82) is 0 Å². The number of benzene rings is 2. The molecule has 1 N–H and O–H groups in total. The topological polar surface area (TPSA) is 29.1 Å². The second-order valence-electron chi connectivity index (χ2n) is 4.53. The summed E-state index contributed by atoms with van der Waals surface area (Å²) in [4.78, 5) is 12.3. The molecular weight excluding hydrogens is 273 g/mol. The first kappa shape index (κ1) is 14.6. The number of thiol groups is 1. The Labute approximate surface area is 123 Å². The van der Waals surface area contributed by atoms with Crippen molar-refractivity contribution < 1.29 is 9.18 Å². The van der Waals surface area contributed by atoms with Crippen LogP contribution in [0, 0.1) is 5.82 Å². The van der Waals surface area contributed by atoms with Crippen LogP contribution in [0.3, 0.4) is 0 Å². The molecule has 0 bridgehead atoms. The van der Waals surface area contributed by atoms with Crippen LogP contribution in [0.25, 0.3) is 0 Å². The summed E-state index contributed by atoms with van der Waals surface area (Å²) in [5, 5.41) is 2.86. The summed E-state index contributed by atoms with van der Waals surface area (Å²) in [6.07, 6.45) is 1.90. The van der Waals surface area contributed by atoms with Gasteiger partial charge in [0.1, 0.15) is 5.82 Å². The van der Waals surface area contributed by atoms with Crippen molar-refractivity contribution in [3.63, 3.8) is 0 Å². The molecular formula is C16H16FNOS. The van der Waals surface area contributed by atoms with Crippen LogP contribution in [0.15, 0.2) is 47.4 Å². The van der Waals surface area contributed by atoms with Crippen LogP contribution < -0.4 is 5.32 Å². The number of carbonyl (C=O) groups is 1. The van der Waals surface area contributed by atoms with E-state index in [9.17, 15) is 9.18 Å². The first-order valence-electron chi connectivity index (χ1n) is 6.49. The van der Waals surface area contributed by atoms with Gasteiger partial charge in [0.25, 0.3) is 5.91 Å². The predicted octanol–water partition coefficient (Wildman–Crippen LogP) is 4.32. The molecule has 0 fully saturated rings. The third-order valence-electron chi connectivity index (χ3n) is 2.99. The number of carbonyl (C=O) groups excluding carboxylic acids is 1. The minimum atomic E-state index is -0.434. The molecule has 0 heterocycles. The Morgan fingerprint density at radius 3 is 2.70 bits per heavy atom. The molecule has 2 aromatic rings. The molecule has 104 valence electrons. The average Bonchev–Trinajstić information content (AvgIpc) is 2.44. The number of amides is 1. The first-order valence-corrected chi connectivity index (χ1v) is 6.94. The lowest BCUT2D eigenvalue weighted by Crippen LogP contribution is -2.13. The molecule has 1 amide bonds. The maximum atomic E-state index is 13.1. The minimum Gasteiger partial charge on any atom is -0.322 e. The molecule has 0 spiro atoms. The van der Waals surface area contributed by atoms with Gasteiger partial charge in [-0.3, -0.25) is 4.79 Å². The van der Waals surface area contributed by atoms with Gasteiger partial charge in [-0.15, -0.1) is 12.6 Å². The van der Waals surface area contributed by atoms with E-state index in [1.165, 1.54) is 18.2 Å². The van der Waals surface area contributed by atoms with E-state index in [0.29, 0.717) is 5.56 Å². The third kappa shape index (κ3) is 3.39. The van der Waals surface area contributed by atoms with Crippen LogP contribution in [0.1, 0.15) is 29.3 Å². The van der Waals surface area contributed by atoms with Crippen molar-refractivity contribution in [3.8, 4) is 0 Å². The van der Waals surface area contributed by atoms with E-state index in [0.717, 1.165) is 24.1 Å². The van der Waals surface area contributed by atoms with Crippen molar-refractivity contribution in [3.05, 3.63) is 59.4 Å². The second kappa shape index (κ2) is 6.57. The molecule has 0 saturated heterocycles. The van der Waals surface area contributed by atoms with E-state index >= 15 is 0 Å².